The van der Waals surface area contributed by atoms with E-state index in [0.717, 1.165) is 11.8 Å². The van der Waals surface area contributed by atoms with Gasteiger partial charge in [0.15, 0.2) is 12.4 Å². The second-order valence-corrected chi connectivity index (χ2v) is 5.28. The standard InChI is InChI=1S/C13H17N3O7S/c1-3-21-13(20)15-10(17)5-22-12(19)7-24-6-11(18)14-9-4-8(2)23-16-9/h4H,3,5-7H2,1-2H3,(H,14,16,18)(H,15,17,20). The van der Waals surface area contributed by atoms with Crippen LogP contribution >= 0.6 is 11.8 Å². The van der Waals surface area contributed by atoms with Crippen LogP contribution in [0.5, 0.6) is 0 Å². The number of carbonyl (C=O) groups is 4. The van der Waals surface area contributed by atoms with Crippen molar-refractivity contribution in [3.63, 3.8) is 0 Å². The summed E-state index contributed by atoms with van der Waals surface area (Å²) in [5, 5.41) is 7.96. The number of nitrogens with one attached hydrogen (secondary N) is 2. The van der Waals surface area contributed by atoms with Gasteiger partial charge in [0, 0.05) is 6.07 Å². The van der Waals surface area contributed by atoms with Crippen LogP contribution in [0, 0.1) is 6.92 Å². The van der Waals surface area contributed by atoms with Crippen LogP contribution in [-0.4, -0.2) is 53.8 Å². The zero-order chi connectivity index (χ0) is 17.9. The van der Waals surface area contributed by atoms with Crippen LogP contribution in [0.3, 0.4) is 0 Å². The molecule has 1 rings (SSSR count). The lowest BCUT2D eigenvalue weighted by Crippen LogP contribution is -2.34. The van der Waals surface area contributed by atoms with Crippen LogP contribution in [0.2, 0.25) is 0 Å². The van der Waals surface area contributed by atoms with Crippen LogP contribution < -0.4 is 10.6 Å². The Bertz CT molecular complexity index is 602. The molecule has 0 fully saturated rings. The molecule has 0 spiro atoms. The Balaban J connectivity index is 2.14. The van der Waals surface area contributed by atoms with Crippen LogP contribution in [0.25, 0.3) is 0 Å². The number of hydrogen-bond donors (Lipinski definition) is 2. The average Bonchev–Trinajstić information content (AvgIpc) is 2.90. The molecule has 3 amide bonds. The lowest BCUT2D eigenvalue weighted by atomic mass is 10.5. The first-order valence-electron chi connectivity index (χ1n) is 6.83. The minimum atomic E-state index is -0.910. The van der Waals surface area contributed by atoms with Gasteiger partial charge in [-0.3, -0.25) is 19.7 Å². The van der Waals surface area contributed by atoms with Gasteiger partial charge in [0.05, 0.1) is 18.1 Å². The van der Waals surface area contributed by atoms with E-state index in [1.54, 1.807) is 19.9 Å². The van der Waals surface area contributed by atoms with Gasteiger partial charge in [0.1, 0.15) is 5.76 Å². The van der Waals surface area contributed by atoms with Gasteiger partial charge < -0.3 is 19.3 Å². The van der Waals surface area contributed by atoms with Crippen molar-refractivity contribution < 1.29 is 33.2 Å². The maximum atomic E-state index is 11.6. The number of esters is 1. The van der Waals surface area contributed by atoms with Crippen molar-refractivity contribution in [2.24, 2.45) is 0 Å². The molecule has 1 aromatic heterocycles. The van der Waals surface area contributed by atoms with E-state index in [1.807, 2.05) is 5.32 Å². The largest absolute Gasteiger partial charge is 0.455 e. The Morgan fingerprint density at radius 1 is 1.21 bits per heavy atom. The Morgan fingerprint density at radius 3 is 2.58 bits per heavy atom. The van der Waals surface area contributed by atoms with Gasteiger partial charge in [0.2, 0.25) is 5.91 Å². The SMILES string of the molecule is CCOC(=O)NC(=O)COC(=O)CSCC(=O)Nc1cc(C)on1. The van der Waals surface area contributed by atoms with E-state index >= 15 is 0 Å². The van der Waals surface area contributed by atoms with Gasteiger partial charge >= 0.3 is 12.1 Å². The molecule has 0 bridgehead atoms. The molecule has 1 heterocycles. The van der Waals surface area contributed by atoms with Gasteiger partial charge in [-0.05, 0) is 13.8 Å². The third-order valence-electron chi connectivity index (χ3n) is 2.23. The molecule has 0 unspecified atom stereocenters. The number of nitrogens with zero attached hydrogens (tertiary/aromatic N) is 1. The molecule has 2 N–H and O–H groups in total. The van der Waals surface area contributed by atoms with E-state index in [-0.39, 0.29) is 29.8 Å². The summed E-state index contributed by atoms with van der Waals surface area (Å²) in [6.07, 6.45) is -0.910. The van der Waals surface area contributed by atoms with Gasteiger partial charge in [-0.2, -0.15) is 0 Å². The number of aryl methyl sites for hydroxylation is 1. The third-order valence-corrected chi connectivity index (χ3v) is 3.14. The number of amides is 3. The number of anilines is 1. The molecule has 0 aliphatic heterocycles. The fourth-order valence-corrected chi connectivity index (χ4v) is 1.95. The zero-order valence-electron chi connectivity index (χ0n) is 13.1. The fraction of sp³-hybridized carbons (Fsp3) is 0.462. The molecule has 11 heteroatoms. The number of ether oxygens (including phenoxy) is 2. The highest BCUT2D eigenvalue weighted by Crippen LogP contribution is 2.08. The number of carbonyl (C=O) groups excluding carboxylic acids is 4. The quantitative estimate of drug-likeness (QED) is 0.634. The predicted molar refractivity (Wildman–Crippen MR) is 83.3 cm³/mol. The molecule has 0 aliphatic carbocycles. The lowest BCUT2D eigenvalue weighted by Gasteiger charge is -2.05. The molecular formula is C13H17N3O7S. The first kappa shape index (κ1) is 19.5. The summed E-state index contributed by atoms with van der Waals surface area (Å²) in [7, 11) is 0. The van der Waals surface area contributed by atoms with E-state index in [2.05, 4.69) is 19.9 Å². The van der Waals surface area contributed by atoms with E-state index in [4.69, 9.17) is 4.52 Å². The van der Waals surface area contributed by atoms with E-state index in [0.29, 0.717) is 5.76 Å². The van der Waals surface area contributed by atoms with Crippen molar-refractivity contribution in [1.82, 2.24) is 10.5 Å². The molecule has 0 saturated carbocycles. The van der Waals surface area contributed by atoms with Gasteiger partial charge in [0.25, 0.3) is 5.91 Å². The minimum absolute atomic E-state index is 0.00394. The second kappa shape index (κ2) is 10.3. The summed E-state index contributed by atoms with van der Waals surface area (Å²) in [5.41, 5.74) is 0. The number of alkyl carbamates (subject to hydrolysis) is 1. The Kier molecular flexibility index (Phi) is 8.33. The Morgan fingerprint density at radius 2 is 1.96 bits per heavy atom. The molecule has 0 aromatic carbocycles. The molecular weight excluding hydrogens is 342 g/mol. The van der Waals surface area contributed by atoms with Crippen LogP contribution in [0.4, 0.5) is 10.6 Å². The van der Waals surface area contributed by atoms with Gasteiger partial charge in [-0.15, -0.1) is 11.8 Å². The molecule has 132 valence electrons. The first-order valence-corrected chi connectivity index (χ1v) is 7.99. The number of rotatable bonds is 8. The highest BCUT2D eigenvalue weighted by molar-refractivity contribution is 8.00. The molecule has 0 aliphatic rings. The molecule has 0 saturated heterocycles. The second-order valence-electron chi connectivity index (χ2n) is 4.29. The van der Waals surface area contributed by atoms with Crippen molar-refractivity contribution in [3.05, 3.63) is 11.8 Å². The summed E-state index contributed by atoms with van der Waals surface area (Å²) in [6.45, 7) is 2.78. The number of hydrogen-bond acceptors (Lipinski definition) is 9. The number of imide groups is 1. The highest BCUT2D eigenvalue weighted by Gasteiger charge is 2.12. The Hall–Kier alpha value is -2.56. The maximum absolute atomic E-state index is 11.6. The van der Waals surface area contributed by atoms with E-state index in [9.17, 15) is 19.2 Å². The fourth-order valence-electron chi connectivity index (χ4n) is 1.34. The highest BCUT2D eigenvalue weighted by atomic mass is 32.2. The summed E-state index contributed by atoms with van der Waals surface area (Å²) in [6, 6.07) is 1.55. The maximum Gasteiger partial charge on any atom is 0.413 e. The van der Waals surface area contributed by atoms with Crippen molar-refractivity contribution in [2.75, 3.05) is 30.0 Å². The van der Waals surface area contributed by atoms with Crippen molar-refractivity contribution in [3.8, 4) is 0 Å². The number of thioether (sulfide) groups is 1. The zero-order valence-corrected chi connectivity index (χ0v) is 13.9. The van der Waals surface area contributed by atoms with Crippen molar-refractivity contribution >= 4 is 41.5 Å². The van der Waals surface area contributed by atoms with E-state index in [1.165, 1.54) is 0 Å². The van der Waals surface area contributed by atoms with Crippen LogP contribution in [-0.2, 0) is 23.9 Å². The smallest absolute Gasteiger partial charge is 0.413 e. The minimum Gasteiger partial charge on any atom is -0.455 e. The predicted octanol–water partition coefficient (Wildman–Crippen LogP) is 0.471. The van der Waals surface area contributed by atoms with Crippen molar-refractivity contribution in [2.45, 2.75) is 13.8 Å². The average molecular weight is 359 g/mol. The molecule has 1 aromatic rings. The molecule has 0 radical (unpaired) electrons. The van der Waals surface area contributed by atoms with Crippen LogP contribution in [0.15, 0.2) is 10.6 Å². The monoisotopic (exact) mass is 359 g/mol. The number of aromatic nitrogens is 1. The molecule has 0 atom stereocenters. The third kappa shape index (κ3) is 8.17. The normalized spacial score (nSPS) is 9.92. The molecule has 24 heavy (non-hydrogen) atoms. The van der Waals surface area contributed by atoms with Gasteiger partial charge in [-0.25, -0.2) is 4.79 Å². The van der Waals surface area contributed by atoms with Gasteiger partial charge in [-0.1, -0.05) is 5.16 Å². The van der Waals surface area contributed by atoms with Crippen LogP contribution in [0.1, 0.15) is 12.7 Å². The topological polar surface area (TPSA) is 137 Å². The summed E-state index contributed by atoms with van der Waals surface area (Å²) < 4.78 is 13.9. The van der Waals surface area contributed by atoms with E-state index < -0.39 is 24.6 Å². The summed E-state index contributed by atoms with van der Waals surface area (Å²) in [4.78, 5) is 45.2. The summed E-state index contributed by atoms with van der Waals surface area (Å²) >= 11 is 1.00. The van der Waals surface area contributed by atoms with Crippen molar-refractivity contribution in [1.29, 1.82) is 0 Å². The summed E-state index contributed by atoms with van der Waals surface area (Å²) in [5.74, 6) is -1.14. The Labute approximate surface area is 141 Å². The molecule has 10 nitrogen and oxygen atoms in total. The first-order chi connectivity index (χ1) is 11.4. The lowest BCUT2D eigenvalue weighted by molar-refractivity contribution is -0.145.